The van der Waals surface area contributed by atoms with Crippen molar-refractivity contribution in [1.29, 1.82) is 0 Å². The summed E-state index contributed by atoms with van der Waals surface area (Å²) in [5.74, 6) is 1.89. The maximum atomic E-state index is 11.0. The summed E-state index contributed by atoms with van der Waals surface area (Å²) >= 11 is 6.06. The first-order chi connectivity index (χ1) is 13.5. The van der Waals surface area contributed by atoms with Crippen LogP contribution in [0, 0.1) is 6.92 Å². The SMILES string of the molecule is CC(=O)NCCCc1nc2ccccc2n1CCCOc1ccc(Cl)c(C)c1. The molecule has 0 bridgehead atoms. The lowest BCUT2D eigenvalue weighted by Crippen LogP contribution is -2.21. The summed E-state index contributed by atoms with van der Waals surface area (Å²) in [4.78, 5) is 15.8. The number of carbonyl (C=O) groups excluding carboxylic acids is 1. The first-order valence-corrected chi connectivity index (χ1v) is 10.00. The highest BCUT2D eigenvalue weighted by atomic mass is 35.5. The number of nitrogens with one attached hydrogen (secondary N) is 1. The van der Waals surface area contributed by atoms with Crippen molar-refractivity contribution in [2.24, 2.45) is 0 Å². The number of ether oxygens (including phenoxy) is 1. The minimum Gasteiger partial charge on any atom is -0.494 e. The van der Waals surface area contributed by atoms with Gasteiger partial charge in [0.1, 0.15) is 11.6 Å². The topological polar surface area (TPSA) is 56.2 Å². The molecule has 3 aromatic rings. The maximum Gasteiger partial charge on any atom is 0.216 e. The van der Waals surface area contributed by atoms with Crippen molar-refractivity contribution >= 4 is 28.5 Å². The summed E-state index contributed by atoms with van der Waals surface area (Å²) in [5, 5.41) is 3.59. The summed E-state index contributed by atoms with van der Waals surface area (Å²) < 4.78 is 8.14. The van der Waals surface area contributed by atoms with Crippen LogP contribution in [0.1, 0.15) is 31.2 Å². The predicted molar refractivity (Wildman–Crippen MR) is 113 cm³/mol. The third kappa shape index (κ3) is 5.26. The molecule has 2 aromatic carbocycles. The number of hydrogen-bond donors (Lipinski definition) is 1. The number of hydrogen-bond acceptors (Lipinski definition) is 3. The maximum absolute atomic E-state index is 11.0. The van der Waals surface area contributed by atoms with E-state index in [1.54, 1.807) is 0 Å². The van der Waals surface area contributed by atoms with E-state index in [0.717, 1.165) is 59.0 Å². The van der Waals surface area contributed by atoms with Crippen molar-refractivity contribution < 1.29 is 9.53 Å². The summed E-state index contributed by atoms with van der Waals surface area (Å²) in [6.07, 6.45) is 2.57. The average molecular weight is 400 g/mol. The molecule has 28 heavy (non-hydrogen) atoms. The van der Waals surface area contributed by atoms with Crippen molar-refractivity contribution in [3.8, 4) is 5.75 Å². The molecule has 0 unspecified atom stereocenters. The van der Waals surface area contributed by atoms with Crippen LogP contribution in [0.25, 0.3) is 11.0 Å². The molecule has 148 valence electrons. The van der Waals surface area contributed by atoms with Gasteiger partial charge in [0.05, 0.1) is 17.6 Å². The molecule has 1 aromatic heterocycles. The first-order valence-electron chi connectivity index (χ1n) is 9.62. The number of nitrogens with zero attached hydrogens (tertiary/aromatic N) is 2. The largest absolute Gasteiger partial charge is 0.494 e. The van der Waals surface area contributed by atoms with E-state index in [4.69, 9.17) is 21.3 Å². The van der Waals surface area contributed by atoms with Crippen molar-refractivity contribution in [2.45, 2.75) is 39.7 Å². The Hall–Kier alpha value is -2.53. The molecule has 1 N–H and O–H groups in total. The minimum atomic E-state index is 0.00286. The van der Waals surface area contributed by atoms with Gasteiger partial charge in [0.25, 0.3) is 0 Å². The van der Waals surface area contributed by atoms with Crippen LogP contribution in [-0.2, 0) is 17.8 Å². The number of fused-ring (bicyclic) bond motifs is 1. The van der Waals surface area contributed by atoms with E-state index in [1.807, 2.05) is 43.3 Å². The molecular formula is C22H26ClN3O2. The number of aromatic nitrogens is 2. The van der Waals surface area contributed by atoms with Gasteiger partial charge < -0.3 is 14.6 Å². The quantitative estimate of drug-likeness (QED) is 0.537. The molecule has 0 atom stereocenters. The molecule has 0 radical (unpaired) electrons. The molecule has 0 saturated heterocycles. The smallest absolute Gasteiger partial charge is 0.216 e. The summed E-state index contributed by atoms with van der Waals surface area (Å²) in [6.45, 7) is 5.64. The van der Waals surface area contributed by atoms with E-state index in [1.165, 1.54) is 6.92 Å². The molecule has 6 heteroatoms. The Morgan fingerprint density at radius 1 is 1.21 bits per heavy atom. The van der Waals surface area contributed by atoms with E-state index in [0.29, 0.717) is 13.2 Å². The zero-order valence-corrected chi connectivity index (χ0v) is 17.1. The van der Waals surface area contributed by atoms with Crippen LogP contribution < -0.4 is 10.1 Å². The van der Waals surface area contributed by atoms with Gasteiger partial charge in [-0.2, -0.15) is 0 Å². The first kappa shape index (κ1) is 20.2. The molecule has 1 amide bonds. The highest BCUT2D eigenvalue weighted by molar-refractivity contribution is 6.31. The van der Waals surface area contributed by atoms with E-state index < -0.39 is 0 Å². The Morgan fingerprint density at radius 3 is 2.82 bits per heavy atom. The highest BCUT2D eigenvalue weighted by Gasteiger charge is 2.10. The van der Waals surface area contributed by atoms with Crippen molar-refractivity contribution in [1.82, 2.24) is 14.9 Å². The second-order valence-corrected chi connectivity index (χ2v) is 7.28. The van der Waals surface area contributed by atoms with Crippen LogP contribution in [0.3, 0.4) is 0 Å². The Bertz CT molecular complexity index is 952. The molecule has 0 saturated carbocycles. The van der Waals surface area contributed by atoms with Crippen LogP contribution in [-0.4, -0.2) is 28.6 Å². The molecule has 0 aliphatic rings. The van der Waals surface area contributed by atoms with Gasteiger partial charge in [-0.1, -0.05) is 23.7 Å². The van der Waals surface area contributed by atoms with Crippen molar-refractivity contribution in [3.63, 3.8) is 0 Å². The van der Waals surface area contributed by atoms with Gasteiger partial charge in [-0.05, 0) is 55.7 Å². The van der Waals surface area contributed by atoms with Gasteiger partial charge in [0.2, 0.25) is 5.91 Å². The zero-order valence-electron chi connectivity index (χ0n) is 16.4. The molecular weight excluding hydrogens is 374 g/mol. The molecule has 0 fully saturated rings. The number of benzene rings is 2. The van der Waals surface area contributed by atoms with Crippen LogP contribution >= 0.6 is 11.6 Å². The number of carbonyl (C=O) groups is 1. The lowest BCUT2D eigenvalue weighted by Gasteiger charge is -2.11. The van der Waals surface area contributed by atoms with E-state index in [9.17, 15) is 4.79 Å². The van der Waals surface area contributed by atoms with E-state index in [2.05, 4.69) is 16.0 Å². The third-order valence-electron chi connectivity index (χ3n) is 4.61. The lowest BCUT2D eigenvalue weighted by molar-refractivity contribution is -0.118. The van der Waals surface area contributed by atoms with Crippen LogP contribution in [0.5, 0.6) is 5.75 Å². The average Bonchev–Trinajstić information content (AvgIpc) is 3.02. The number of rotatable bonds is 9. The number of amides is 1. The molecule has 0 spiro atoms. The van der Waals surface area contributed by atoms with Gasteiger partial charge in [-0.15, -0.1) is 0 Å². The van der Waals surface area contributed by atoms with Crippen LogP contribution in [0.2, 0.25) is 5.02 Å². The fourth-order valence-corrected chi connectivity index (χ4v) is 3.31. The second-order valence-electron chi connectivity index (χ2n) is 6.87. The second kappa shape index (κ2) is 9.60. The molecule has 0 aliphatic heterocycles. The number of halogens is 1. The Kier molecular flexibility index (Phi) is 6.93. The lowest BCUT2D eigenvalue weighted by atomic mass is 10.2. The van der Waals surface area contributed by atoms with Gasteiger partial charge in [-0.3, -0.25) is 4.79 Å². The van der Waals surface area contributed by atoms with Crippen LogP contribution in [0.4, 0.5) is 0 Å². The number of imidazole rings is 1. The van der Waals surface area contributed by atoms with Crippen molar-refractivity contribution in [3.05, 3.63) is 58.9 Å². The summed E-state index contributed by atoms with van der Waals surface area (Å²) in [5.41, 5.74) is 3.16. The van der Waals surface area contributed by atoms with Crippen molar-refractivity contribution in [2.75, 3.05) is 13.2 Å². The Morgan fingerprint density at radius 2 is 2.04 bits per heavy atom. The Balaban J connectivity index is 1.61. The molecule has 3 rings (SSSR count). The van der Waals surface area contributed by atoms with Gasteiger partial charge in [-0.25, -0.2) is 4.98 Å². The monoisotopic (exact) mass is 399 g/mol. The molecule has 0 aliphatic carbocycles. The number of para-hydroxylation sites is 2. The highest BCUT2D eigenvalue weighted by Crippen LogP contribution is 2.22. The normalized spacial score (nSPS) is 11.0. The summed E-state index contributed by atoms with van der Waals surface area (Å²) in [6, 6.07) is 13.9. The summed E-state index contributed by atoms with van der Waals surface area (Å²) in [7, 11) is 0. The van der Waals surface area contributed by atoms with E-state index in [-0.39, 0.29) is 5.91 Å². The van der Waals surface area contributed by atoms with Gasteiger partial charge >= 0.3 is 0 Å². The third-order valence-corrected chi connectivity index (χ3v) is 5.03. The minimum absolute atomic E-state index is 0.00286. The standard InChI is InChI=1S/C22H26ClN3O2/c1-16-15-18(10-11-19(16)23)28-14-6-13-26-21-8-4-3-7-20(21)25-22(26)9-5-12-24-17(2)27/h3-4,7-8,10-11,15H,5-6,9,12-14H2,1-2H3,(H,24,27). The van der Waals surface area contributed by atoms with Crippen LogP contribution in [0.15, 0.2) is 42.5 Å². The fraction of sp³-hybridized carbons (Fsp3) is 0.364. The zero-order chi connectivity index (χ0) is 19.9. The Labute approximate surface area is 170 Å². The van der Waals surface area contributed by atoms with E-state index >= 15 is 0 Å². The van der Waals surface area contributed by atoms with Gasteiger partial charge in [0.15, 0.2) is 0 Å². The van der Waals surface area contributed by atoms with Gasteiger partial charge in [0, 0.05) is 31.5 Å². The molecule has 1 heterocycles. The fourth-order valence-electron chi connectivity index (χ4n) is 3.20. The molecule has 5 nitrogen and oxygen atoms in total. The number of aryl methyl sites for hydroxylation is 3. The predicted octanol–water partition coefficient (Wildman–Crippen LogP) is 4.54.